The number of methoxy groups -OCH3 is 1. The topological polar surface area (TPSA) is 38.5 Å². The first-order chi connectivity index (χ1) is 9.08. The van der Waals surface area contributed by atoms with Crippen LogP contribution in [0.3, 0.4) is 0 Å². The zero-order valence-electron chi connectivity index (χ0n) is 11.0. The van der Waals surface area contributed by atoms with Crippen molar-refractivity contribution in [2.45, 2.75) is 13.1 Å². The van der Waals surface area contributed by atoms with E-state index in [-0.39, 0.29) is 0 Å². The quantitative estimate of drug-likeness (QED) is 0.856. The summed E-state index contributed by atoms with van der Waals surface area (Å²) >= 11 is 7.54. The second-order valence-electron chi connectivity index (χ2n) is 4.45. The van der Waals surface area contributed by atoms with Crippen LogP contribution in [-0.2, 0) is 13.1 Å². The molecule has 19 heavy (non-hydrogen) atoms. The lowest BCUT2D eigenvalue weighted by Crippen LogP contribution is -2.16. The van der Waals surface area contributed by atoms with Crippen LogP contribution in [0.4, 0.5) is 5.69 Å². The molecule has 1 aromatic heterocycles. The number of nitrogens with zero attached hydrogens (tertiary/aromatic N) is 1. The molecule has 0 saturated carbocycles. The van der Waals surface area contributed by atoms with Crippen molar-refractivity contribution in [2.24, 2.45) is 0 Å². The van der Waals surface area contributed by atoms with E-state index in [2.05, 4.69) is 18.0 Å². The number of hydrogen-bond donors (Lipinski definition) is 1. The Bertz CT molecular complexity index is 556. The molecule has 3 nitrogen and oxygen atoms in total. The van der Waals surface area contributed by atoms with Gasteiger partial charge < -0.3 is 10.5 Å². The molecule has 0 aliphatic heterocycles. The van der Waals surface area contributed by atoms with Gasteiger partial charge in [-0.3, -0.25) is 4.90 Å². The predicted octanol–water partition coefficient (Wildman–Crippen LogP) is 3.62. The van der Waals surface area contributed by atoms with Crippen molar-refractivity contribution >= 4 is 28.6 Å². The Hall–Kier alpha value is -1.23. The molecule has 0 aliphatic carbocycles. The van der Waals surface area contributed by atoms with Crippen molar-refractivity contribution in [3.63, 3.8) is 0 Å². The molecule has 0 saturated heterocycles. The van der Waals surface area contributed by atoms with Crippen LogP contribution >= 0.6 is 22.9 Å². The van der Waals surface area contributed by atoms with Crippen molar-refractivity contribution < 1.29 is 4.74 Å². The van der Waals surface area contributed by atoms with Gasteiger partial charge >= 0.3 is 0 Å². The second kappa shape index (κ2) is 6.28. The Kier molecular flexibility index (Phi) is 4.69. The third-order valence-corrected chi connectivity index (χ3v) is 4.02. The standard InChI is InChI=1S/C14H17ClN2OS/c1-17(9-11-4-6-14(15)19-11)8-10-3-5-13(18-2)12(16)7-10/h3-7H,8-9,16H2,1-2H3. The van der Waals surface area contributed by atoms with Crippen LogP contribution in [0.1, 0.15) is 10.4 Å². The molecule has 0 aliphatic rings. The number of hydrogen-bond acceptors (Lipinski definition) is 4. The van der Waals surface area contributed by atoms with Crippen molar-refractivity contribution in [1.29, 1.82) is 0 Å². The van der Waals surface area contributed by atoms with Gasteiger partial charge in [0.2, 0.25) is 0 Å². The van der Waals surface area contributed by atoms with Crippen LogP contribution in [0, 0.1) is 0 Å². The van der Waals surface area contributed by atoms with E-state index in [9.17, 15) is 0 Å². The van der Waals surface area contributed by atoms with E-state index in [0.717, 1.165) is 23.2 Å². The summed E-state index contributed by atoms with van der Waals surface area (Å²) < 4.78 is 5.98. The first kappa shape index (κ1) is 14.2. The van der Waals surface area contributed by atoms with Crippen molar-refractivity contribution in [3.8, 4) is 5.75 Å². The van der Waals surface area contributed by atoms with Crippen molar-refractivity contribution in [1.82, 2.24) is 4.90 Å². The number of anilines is 1. The van der Waals surface area contributed by atoms with Crippen LogP contribution in [0.25, 0.3) is 0 Å². The fourth-order valence-corrected chi connectivity index (χ4v) is 3.12. The van der Waals surface area contributed by atoms with Crippen molar-refractivity contribution in [2.75, 3.05) is 19.9 Å². The molecular formula is C14H17ClN2OS. The zero-order valence-corrected chi connectivity index (χ0v) is 12.6. The molecule has 0 spiro atoms. The summed E-state index contributed by atoms with van der Waals surface area (Å²) in [6, 6.07) is 9.89. The normalized spacial score (nSPS) is 10.9. The Labute approximate surface area is 122 Å². The molecule has 0 unspecified atom stereocenters. The first-order valence-electron chi connectivity index (χ1n) is 5.93. The second-order valence-corrected chi connectivity index (χ2v) is 6.25. The smallest absolute Gasteiger partial charge is 0.141 e. The Morgan fingerprint density at radius 1 is 1.26 bits per heavy atom. The van der Waals surface area contributed by atoms with E-state index in [4.69, 9.17) is 22.1 Å². The number of ether oxygens (including phenoxy) is 1. The molecule has 0 fully saturated rings. The van der Waals surface area contributed by atoms with Gasteiger partial charge in [0.25, 0.3) is 0 Å². The summed E-state index contributed by atoms with van der Waals surface area (Å²) in [7, 11) is 3.70. The van der Waals surface area contributed by atoms with E-state index in [1.54, 1.807) is 18.4 Å². The van der Waals surface area contributed by atoms with Gasteiger partial charge in [0.1, 0.15) is 5.75 Å². The minimum absolute atomic E-state index is 0.674. The minimum Gasteiger partial charge on any atom is -0.495 e. The van der Waals surface area contributed by atoms with Crippen LogP contribution in [0.5, 0.6) is 5.75 Å². The maximum atomic E-state index is 5.93. The molecule has 1 heterocycles. The van der Waals surface area contributed by atoms with E-state index in [1.807, 2.05) is 24.3 Å². The third kappa shape index (κ3) is 3.86. The number of nitrogens with two attached hydrogens (primary N) is 1. The third-order valence-electron chi connectivity index (χ3n) is 2.80. The largest absolute Gasteiger partial charge is 0.495 e. The van der Waals surface area contributed by atoms with Crippen LogP contribution in [0.2, 0.25) is 4.34 Å². The summed E-state index contributed by atoms with van der Waals surface area (Å²) in [5.74, 6) is 0.719. The molecule has 102 valence electrons. The number of benzene rings is 1. The number of nitrogen functional groups attached to an aromatic ring is 1. The molecule has 0 radical (unpaired) electrons. The SMILES string of the molecule is COc1ccc(CN(C)Cc2ccc(Cl)s2)cc1N. The van der Waals surface area contributed by atoms with Gasteiger partial charge in [-0.25, -0.2) is 0 Å². The highest BCUT2D eigenvalue weighted by molar-refractivity contribution is 7.16. The summed E-state index contributed by atoms with van der Waals surface area (Å²) in [6.07, 6.45) is 0. The monoisotopic (exact) mass is 296 g/mol. The molecule has 0 atom stereocenters. The maximum Gasteiger partial charge on any atom is 0.141 e. The lowest BCUT2D eigenvalue weighted by atomic mass is 10.2. The Balaban J connectivity index is 1.98. The molecule has 1 aromatic carbocycles. The summed E-state index contributed by atoms with van der Waals surface area (Å²) in [6.45, 7) is 1.72. The van der Waals surface area contributed by atoms with Gasteiger partial charge in [0, 0.05) is 18.0 Å². The van der Waals surface area contributed by atoms with Crippen LogP contribution in [-0.4, -0.2) is 19.1 Å². The number of rotatable bonds is 5. The molecule has 0 amide bonds. The van der Waals surface area contributed by atoms with Gasteiger partial charge in [0.15, 0.2) is 0 Å². The van der Waals surface area contributed by atoms with Crippen LogP contribution < -0.4 is 10.5 Å². The molecular weight excluding hydrogens is 280 g/mol. The molecule has 2 rings (SSSR count). The van der Waals surface area contributed by atoms with E-state index >= 15 is 0 Å². The molecule has 5 heteroatoms. The number of thiophene rings is 1. The lowest BCUT2D eigenvalue weighted by molar-refractivity contribution is 0.322. The molecule has 2 aromatic rings. The highest BCUT2D eigenvalue weighted by Crippen LogP contribution is 2.24. The average molecular weight is 297 g/mol. The molecule has 2 N–H and O–H groups in total. The van der Waals surface area contributed by atoms with E-state index in [1.165, 1.54) is 10.4 Å². The zero-order chi connectivity index (χ0) is 13.8. The summed E-state index contributed by atoms with van der Waals surface area (Å²) in [5.41, 5.74) is 7.75. The van der Waals surface area contributed by atoms with Gasteiger partial charge in [-0.15, -0.1) is 11.3 Å². The number of halogens is 1. The fraction of sp³-hybridized carbons (Fsp3) is 0.286. The minimum atomic E-state index is 0.674. The van der Waals surface area contributed by atoms with Crippen molar-refractivity contribution in [3.05, 3.63) is 45.1 Å². The average Bonchev–Trinajstić information content (AvgIpc) is 2.74. The Morgan fingerprint density at radius 3 is 2.63 bits per heavy atom. The van der Waals surface area contributed by atoms with Gasteiger partial charge in [-0.05, 0) is 36.9 Å². The van der Waals surface area contributed by atoms with E-state index in [0.29, 0.717) is 5.69 Å². The lowest BCUT2D eigenvalue weighted by Gasteiger charge is -2.16. The van der Waals surface area contributed by atoms with Gasteiger partial charge in [0.05, 0.1) is 17.1 Å². The molecule has 0 bridgehead atoms. The highest BCUT2D eigenvalue weighted by atomic mass is 35.5. The van der Waals surface area contributed by atoms with Gasteiger partial charge in [-0.1, -0.05) is 17.7 Å². The van der Waals surface area contributed by atoms with Crippen LogP contribution in [0.15, 0.2) is 30.3 Å². The summed E-state index contributed by atoms with van der Waals surface area (Å²) in [4.78, 5) is 3.48. The van der Waals surface area contributed by atoms with E-state index < -0.39 is 0 Å². The highest BCUT2D eigenvalue weighted by Gasteiger charge is 2.06. The first-order valence-corrected chi connectivity index (χ1v) is 7.13. The summed E-state index contributed by atoms with van der Waals surface area (Å²) in [5, 5.41) is 0. The van der Waals surface area contributed by atoms with Gasteiger partial charge in [-0.2, -0.15) is 0 Å². The predicted molar refractivity (Wildman–Crippen MR) is 81.9 cm³/mol. The maximum absolute atomic E-state index is 5.93. The fourth-order valence-electron chi connectivity index (χ4n) is 1.95. The Morgan fingerprint density at radius 2 is 2.05 bits per heavy atom.